The van der Waals surface area contributed by atoms with Gasteiger partial charge in [0.2, 0.25) is 0 Å². The van der Waals surface area contributed by atoms with Crippen LogP contribution in [0.3, 0.4) is 0 Å². The Bertz CT molecular complexity index is 1080. The predicted octanol–water partition coefficient (Wildman–Crippen LogP) is 6.20. The second-order valence-corrected chi connectivity index (χ2v) is 9.48. The van der Waals surface area contributed by atoms with Gasteiger partial charge in [-0.15, -0.1) is 0 Å². The lowest BCUT2D eigenvalue weighted by atomic mass is 9.95. The molecule has 1 amide bonds. The van der Waals surface area contributed by atoms with Gasteiger partial charge in [0.15, 0.2) is 5.65 Å². The average molecular weight is 448 g/mol. The summed E-state index contributed by atoms with van der Waals surface area (Å²) in [5.41, 5.74) is 4.73. The van der Waals surface area contributed by atoms with Crippen LogP contribution in [0, 0.1) is 0 Å². The van der Waals surface area contributed by atoms with E-state index in [9.17, 15) is 4.79 Å². The SMILES string of the molecule is CCC(NC(=O)c1cnc2c(cnn2CC)c1NC1CCCCC1)c1ccc(C(C)C)cc1. The van der Waals surface area contributed by atoms with E-state index in [1.807, 2.05) is 10.9 Å². The fraction of sp³-hybridized carbons (Fsp3) is 0.519. The minimum Gasteiger partial charge on any atom is -0.381 e. The number of fused-ring (bicyclic) bond motifs is 1. The molecule has 2 N–H and O–H groups in total. The summed E-state index contributed by atoms with van der Waals surface area (Å²) in [5, 5.41) is 12.4. The zero-order chi connectivity index (χ0) is 23.4. The van der Waals surface area contributed by atoms with Crippen LogP contribution in [0.5, 0.6) is 0 Å². The van der Waals surface area contributed by atoms with Crippen molar-refractivity contribution in [2.24, 2.45) is 0 Å². The Balaban J connectivity index is 1.63. The summed E-state index contributed by atoms with van der Waals surface area (Å²) in [6, 6.07) is 8.94. The summed E-state index contributed by atoms with van der Waals surface area (Å²) in [4.78, 5) is 18.1. The molecule has 2 heterocycles. The molecule has 1 aromatic carbocycles. The Hall–Kier alpha value is -2.89. The van der Waals surface area contributed by atoms with Crippen molar-refractivity contribution in [2.75, 3.05) is 5.32 Å². The lowest BCUT2D eigenvalue weighted by molar-refractivity contribution is 0.0936. The van der Waals surface area contributed by atoms with Crippen LogP contribution in [-0.2, 0) is 6.54 Å². The third kappa shape index (κ3) is 5.05. The number of benzene rings is 1. The van der Waals surface area contributed by atoms with E-state index in [1.54, 1.807) is 6.20 Å². The summed E-state index contributed by atoms with van der Waals surface area (Å²) in [5.74, 6) is 0.399. The van der Waals surface area contributed by atoms with Gasteiger partial charge in [-0.3, -0.25) is 4.79 Å². The third-order valence-corrected chi connectivity index (χ3v) is 6.88. The maximum absolute atomic E-state index is 13.5. The van der Waals surface area contributed by atoms with E-state index in [2.05, 4.69) is 72.7 Å². The lowest BCUT2D eigenvalue weighted by Gasteiger charge is -2.26. The van der Waals surface area contributed by atoms with Crippen molar-refractivity contribution in [3.05, 3.63) is 53.3 Å². The second-order valence-electron chi connectivity index (χ2n) is 9.48. The first-order valence-electron chi connectivity index (χ1n) is 12.5. The molecular formula is C27H37N5O. The summed E-state index contributed by atoms with van der Waals surface area (Å²) in [7, 11) is 0. The summed E-state index contributed by atoms with van der Waals surface area (Å²) in [6.07, 6.45) is 10.4. The van der Waals surface area contributed by atoms with Gasteiger partial charge in [-0.25, -0.2) is 9.67 Å². The summed E-state index contributed by atoms with van der Waals surface area (Å²) >= 11 is 0. The van der Waals surface area contributed by atoms with Gasteiger partial charge in [0, 0.05) is 18.8 Å². The molecular weight excluding hydrogens is 410 g/mol. The molecule has 6 heteroatoms. The van der Waals surface area contributed by atoms with Gasteiger partial charge >= 0.3 is 0 Å². The van der Waals surface area contributed by atoms with Gasteiger partial charge in [0.25, 0.3) is 5.91 Å². The van der Waals surface area contributed by atoms with Crippen molar-refractivity contribution < 1.29 is 4.79 Å². The number of carbonyl (C=O) groups excluding carboxylic acids is 1. The Kier molecular flexibility index (Phi) is 7.31. The molecule has 0 bridgehead atoms. The van der Waals surface area contributed by atoms with Gasteiger partial charge in [-0.05, 0) is 43.2 Å². The molecule has 2 aromatic heterocycles. The first kappa shape index (κ1) is 23.3. The van der Waals surface area contributed by atoms with Crippen molar-refractivity contribution in [1.82, 2.24) is 20.1 Å². The summed E-state index contributed by atoms with van der Waals surface area (Å²) < 4.78 is 1.88. The zero-order valence-corrected chi connectivity index (χ0v) is 20.4. The van der Waals surface area contributed by atoms with Crippen molar-refractivity contribution in [3.63, 3.8) is 0 Å². The third-order valence-electron chi connectivity index (χ3n) is 6.88. The van der Waals surface area contributed by atoms with Crippen molar-refractivity contribution in [3.8, 4) is 0 Å². The van der Waals surface area contributed by atoms with Crippen molar-refractivity contribution >= 4 is 22.6 Å². The molecule has 0 spiro atoms. The number of aryl methyl sites for hydroxylation is 1. The first-order chi connectivity index (χ1) is 16.0. The molecule has 176 valence electrons. The van der Waals surface area contributed by atoms with E-state index < -0.39 is 0 Å². The van der Waals surface area contributed by atoms with Gasteiger partial charge in [0.05, 0.1) is 28.9 Å². The van der Waals surface area contributed by atoms with Gasteiger partial charge < -0.3 is 10.6 Å². The van der Waals surface area contributed by atoms with Crippen molar-refractivity contribution in [2.45, 2.75) is 90.8 Å². The highest BCUT2D eigenvalue weighted by Crippen LogP contribution is 2.30. The lowest BCUT2D eigenvalue weighted by Crippen LogP contribution is -2.30. The molecule has 33 heavy (non-hydrogen) atoms. The number of amides is 1. The highest BCUT2D eigenvalue weighted by molar-refractivity contribution is 6.06. The zero-order valence-electron chi connectivity index (χ0n) is 20.4. The van der Waals surface area contributed by atoms with Gasteiger partial charge in [0.1, 0.15) is 0 Å². The Morgan fingerprint density at radius 2 is 1.76 bits per heavy atom. The molecule has 0 aliphatic heterocycles. The number of nitrogens with zero attached hydrogens (tertiary/aromatic N) is 3. The van der Waals surface area contributed by atoms with E-state index >= 15 is 0 Å². The molecule has 1 fully saturated rings. The molecule has 0 radical (unpaired) electrons. The topological polar surface area (TPSA) is 71.8 Å². The predicted molar refractivity (Wildman–Crippen MR) is 135 cm³/mol. The monoisotopic (exact) mass is 447 g/mol. The molecule has 1 unspecified atom stereocenters. The Labute approximate surface area is 197 Å². The number of nitrogens with one attached hydrogen (secondary N) is 2. The van der Waals surface area contributed by atoms with Crippen LogP contribution < -0.4 is 10.6 Å². The Morgan fingerprint density at radius 3 is 2.39 bits per heavy atom. The molecule has 4 rings (SSSR count). The molecule has 1 aliphatic rings. The number of aromatic nitrogens is 3. The fourth-order valence-corrected chi connectivity index (χ4v) is 4.81. The molecule has 1 aliphatic carbocycles. The minimum atomic E-state index is -0.0910. The van der Waals surface area contributed by atoms with E-state index in [0.717, 1.165) is 48.1 Å². The number of pyridine rings is 1. The molecule has 1 atom stereocenters. The summed E-state index contributed by atoms with van der Waals surface area (Å²) in [6.45, 7) is 9.29. The van der Waals surface area contributed by atoms with E-state index in [0.29, 0.717) is 17.5 Å². The standard InChI is InChI=1S/C27H37N5O/c1-5-24(20-14-12-19(13-15-20)18(3)4)31-27(33)23-16-28-26-22(17-29-32(26)6-2)25(23)30-21-10-8-7-9-11-21/h12-18,21,24H,5-11H2,1-4H3,(H,28,30)(H,31,33). The number of rotatable bonds is 8. The number of hydrogen-bond donors (Lipinski definition) is 2. The smallest absolute Gasteiger partial charge is 0.255 e. The van der Waals surface area contributed by atoms with Crippen LogP contribution in [0.15, 0.2) is 36.7 Å². The Morgan fingerprint density at radius 1 is 1.06 bits per heavy atom. The number of anilines is 1. The largest absolute Gasteiger partial charge is 0.381 e. The van der Waals surface area contributed by atoms with Crippen molar-refractivity contribution in [1.29, 1.82) is 0 Å². The average Bonchev–Trinajstić information content (AvgIpc) is 3.27. The van der Waals surface area contributed by atoms with Crippen LogP contribution in [0.2, 0.25) is 0 Å². The highest BCUT2D eigenvalue weighted by atomic mass is 16.1. The highest BCUT2D eigenvalue weighted by Gasteiger charge is 2.23. The maximum atomic E-state index is 13.5. The minimum absolute atomic E-state index is 0.0460. The van der Waals surface area contributed by atoms with Gasteiger partial charge in [-0.2, -0.15) is 5.10 Å². The number of carbonyl (C=O) groups is 1. The number of hydrogen-bond acceptors (Lipinski definition) is 4. The van der Waals surface area contributed by atoms with E-state index in [1.165, 1.54) is 24.8 Å². The fourth-order valence-electron chi connectivity index (χ4n) is 4.81. The van der Waals surface area contributed by atoms with Crippen LogP contribution in [0.1, 0.15) is 99.7 Å². The molecule has 3 aromatic rings. The second kappa shape index (κ2) is 10.4. The molecule has 0 saturated heterocycles. The van der Waals surface area contributed by atoms with Crippen LogP contribution in [0.25, 0.3) is 11.0 Å². The molecule has 1 saturated carbocycles. The van der Waals surface area contributed by atoms with Crippen LogP contribution >= 0.6 is 0 Å². The van der Waals surface area contributed by atoms with Crippen LogP contribution in [-0.4, -0.2) is 26.7 Å². The molecule has 6 nitrogen and oxygen atoms in total. The van der Waals surface area contributed by atoms with E-state index in [4.69, 9.17) is 0 Å². The maximum Gasteiger partial charge on any atom is 0.255 e. The normalized spacial score (nSPS) is 15.7. The quantitative estimate of drug-likeness (QED) is 0.431. The first-order valence-corrected chi connectivity index (χ1v) is 12.5. The van der Waals surface area contributed by atoms with Gasteiger partial charge in [-0.1, -0.05) is 64.3 Å². The van der Waals surface area contributed by atoms with E-state index in [-0.39, 0.29) is 11.9 Å². The van der Waals surface area contributed by atoms with Crippen LogP contribution in [0.4, 0.5) is 5.69 Å².